The summed E-state index contributed by atoms with van der Waals surface area (Å²) in [4.78, 5) is 4.65. The van der Waals surface area contributed by atoms with Gasteiger partial charge in [-0.2, -0.15) is 0 Å². The van der Waals surface area contributed by atoms with Gasteiger partial charge in [0.1, 0.15) is 5.84 Å². The second-order valence-corrected chi connectivity index (χ2v) is 3.80. The molecule has 13 heavy (non-hydrogen) atoms. The van der Waals surface area contributed by atoms with E-state index in [1.165, 1.54) is 6.42 Å². The maximum atomic E-state index is 7.23. The van der Waals surface area contributed by atoms with Crippen molar-refractivity contribution >= 4 is 5.84 Å². The minimum atomic E-state index is 0.277. The van der Waals surface area contributed by atoms with Crippen molar-refractivity contribution in [1.82, 2.24) is 9.80 Å². The predicted molar refractivity (Wildman–Crippen MR) is 55.1 cm³/mol. The van der Waals surface area contributed by atoms with Crippen LogP contribution in [0, 0.1) is 5.41 Å². The van der Waals surface area contributed by atoms with E-state index in [9.17, 15) is 0 Å². The van der Waals surface area contributed by atoms with E-state index in [4.69, 9.17) is 11.1 Å². The summed E-state index contributed by atoms with van der Waals surface area (Å²) in [6, 6.07) is 0.632. The van der Waals surface area contributed by atoms with Crippen LogP contribution in [0.5, 0.6) is 0 Å². The highest BCUT2D eigenvalue weighted by atomic mass is 15.3. The number of amidine groups is 1. The zero-order valence-electron chi connectivity index (χ0n) is 8.58. The van der Waals surface area contributed by atoms with Crippen molar-refractivity contribution in [3.63, 3.8) is 0 Å². The lowest BCUT2D eigenvalue weighted by Gasteiger charge is -2.38. The second kappa shape index (κ2) is 4.58. The molecule has 0 aromatic rings. The van der Waals surface area contributed by atoms with Gasteiger partial charge in [-0.15, -0.1) is 0 Å². The van der Waals surface area contributed by atoms with Crippen molar-refractivity contribution in [2.24, 2.45) is 5.73 Å². The minimum Gasteiger partial charge on any atom is -0.387 e. The Balaban J connectivity index is 2.40. The Kier molecular flexibility index (Phi) is 3.69. The van der Waals surface area contributed by atoms with Crippen LogP contribution < -0.4 is 5.73 Å². The fourth-order valence-corrected chi connectivity index (χ4v) is 1.84. The molecule has 3 N–H and O–H groups in total. The van der Waals surface area contributed by atoms with Crippen LogP contribution in [0.15, 0.2) is 0 Å². The predicted octanol–water partition coefficient (Wildman–Crippen LogP) is -0.0516. The molecule has 1 aliphatic heterocycles. The lowest BCUT2D eigenvalue weighted by atomic mass is 10.1. The Morgan fingerprint density at radius 2 is 2.23 bits per heavy atom. The molecule has 0 bridgehead atoms. The normalized spacial score (nSPS) is 26.2. The van der Waals surface area contributed by atoms with Crippen LogP contribution in [0.4, 0.5) is 0 Å². The molecule has 4 nitrogen and oxygen atoms in total. The molecule has 1 fully saturated rings. The summed E-state index contributed by atoms with van der Waals surface area (Å²) >= 11 is 0. The molecule has 1 aliphatic rings. The molecule has 1 unspecified atom stereocenters. The fraction of sp³-hybridized carbons (Fsp3) is 0.889. The van der Waals surface area contributed by atoms with Gasteiger partial charge < -0.3 is 10.6 Å². The van der Waals surface area contributed by atoms with Crippen molar-refractivity contribution in [2.75, 3.05) is 33.2 Å². The molecule has 76 valence electrons. The third kappa shape index (κ3) is 2.97. The number of piperazine rings is 1. The SMILES string of the molecule is CCC1CN(CC(=N)N)CCN1C. The highest BCUT2D eigenvalue weighted by molar-refractivity contribution is 5.78. The number of nitrogens with two attached hydrogens (primary N) is 1. The van der Waals surface area contributed by atoms with E-state index in [1.807, 2.05) is 0 Å². The first-order valence-corrected chi connectivity index (χ1v) is 4.89. The molecule has 0 saturated carbocycles. The van der Waals surface area contributed by atoms with E-state index in [0.29, 0.717) is 12.6 Å². The maximum Gasteiger partial charge on any atom is 0.105 e. The number of rotatable bonds is 3. The molecule has 4 heteroatoms. The Morgan fingerprint density at radius 3 is 2.77 bits per heavy atom. The highest BCUT2D eigenvalue weighted by Gasteiger charge is 2.22. The lowest BCUT2D eigenvalue weighted by molar-refractivity contribution is 0.104. The first kappa shape index (κ1) is 10.5. The smallest absolute Gasteiger partial charge is 0.105 e. The van der Waals surface area contributed by atoms with Crippen LogP contribution in [0.25, 0.3) is 0 Å². The van der Waals surface area contributed by atoms with Crippen molar-refractivity contribution in [1.29, 1.82) is 5.41 Å². The maximum absolute atomic E-state index is 7.23. The molecule has 0 aliphatic carbocycles. The van der Waals surface area contributed by atoms with Gasteiger partial charge in [0.25, 0.3) is 0 Å². The average Bonchev–Trinajstić information content (AvgIpc) is 2.07. The number of likely N-dealkylation sites (N-methyl/N-ethyl adjacent to an activating group) is 1. The van der Waals surface area contributed by atoms with Gasteiger partial charge in [0.05, 0.1) is 6.54 Å². The Hall–Kier alpha value is -0.610. The van der Waals surface area contributed by atoms with Crippen LogP contribution in [0.1, 0.15) is 13.3 Å². The Labute approximate surface area is 80.2 Å². The number of hydrogen-bond donors (Lipinski definition) is 2. The monoisotopic (exact) mass is 184 g/mol. The molecule has 1 atom stereocenters. The van der Waals surface area contributed by atoms with E-state index in [2.05, 4.69) is 23.8 Å². The van der Waals surface area contributed by atoms with Gasteiger partial charge in [0.15, 0.2) is 0 Å². The highest BCUT2D eigenvalue weighted by Crippen LogP contribution is 2.09. The van der Waals surface area contributed by atoms with Crippen LogP contribution >= 0.6 is 0 Å². The number of hydrogen-bond acceptors (Lipinski definition) is 3. The third-order valence-electron chi connectivity index (χ3n) is 2.73. The van der Waals surface area contributed by atoms with Gasteiger partial charge in [-0.1, -0.05) is 6.92 Å². The van der Waals surface area contributed by atoms with Crippen LogP contribution in [0.3, 0.4) is 0 Å². The molecule has 0 aromatic carbocycles. The summed E-state index contributed by atoms with van der Waals surface area (Å²) in [7, 11) is 2.17. The Morgan fingerprint density at radius 1 is 1.54 bits per heavy atom. The molecule has 1 heterocycles. The second-order valence-electron chi connectivity index (χ2n) is 3.80. The van der Waals surface area contributed by atoms with Gasteiger partial charge in [-0.25, -0.2) is 0 Å². The third-order valence-corrected chi connectivity index (χ3v) is 2.73. The molecular formula is C9H20N4. The van der Waals surface area contributed by atoms with Crippen LogP contribution in [0.2, 0.25) is 0 Å². The summed E-state index contributed by atoms with van der Waals surface area (Å²) in [6.45, 7) is 6.01. The summed E-state index contributed by atoms with van der Waals surface area (Å²) in [5.41, 5.74) is 5.37. The fourth-order valence-electron chi connectivity index (χ4n) is 1.84. The molecule has 0 amide bonds. The van der Waals surface area contributed by atoms with Gasteiger partial charge >= 0.3 is 0 Å². The number of nitrogens with one attached hydrogen (secondary N) is 1. The first-order valence-electron chi connectivity index (χ1n) is 4.89. The standard InChI is InChI=1S/C9H20N4/c1-3-8-6-13(7-9(10)11)5-4-12(8)2/h8H,3-7H2,1-2H3,(H3,10,11). The van der Waals surface area contributed by atoms with Gasteiger partial charge in [-0.05, 0) is 13.5 Å². The molecule has 0 aromatic heterocycles. The zero-order chi connectivity index (χ0) is 9.84. The van der Waals surface area contributed by atoms with Gasteiger partial charge in [0, 0.05) is 25.7 Å². The van der Waals surface area contributed by atoms with Gasteiger partial charge in [0.2, 0.25) is 0 Å². The molecule has 1 saturated heterocycles. The molecular weight excluding hydrogens is 164 g/mol. The van der Waals surface area contributed by atoms with Crippen molar-refractivity contribution in [2.45, 2.75) is 19.4 Å². The zero-order valence-corrected chi connectivity index (χ0v) is 8.58. The van der Waals surface area contributed by atoms with E-state index < -0.39 is 0 Å². The number of nitrogens with zero attached hydrogens (tertiary/aromatic N) is 2. The van der Waals surface area contributed by atoms with E-state index in [-0.39, 0.29) is 5.84 Å². The largest absolute Gasteiger partial charge is 0.387 e. The summed E-state index contributed by atoms with van der Waals surface area (Å²) < 4.78 is 0. The van der Waals surface area contributed by atoms with Crippen LogP contribution in [-0.4, -0.2) is 54.9 Å². The molecule has 1 rings (SSSR count). The van der Waals surface area contributed by atoms with Crippen molar-refractivity contribution < 1.29 is 0 Å². The quantitative estimate of drug-likeness (QED) is 0.477. The summed E-state index contributed by atoms with van der Waals surface area (Å²) in [5.74, 6) is 0.277. The lowest BCUT2D eigenvalue weighted by Crippen LogP contribution is -2.52. The van der Waals surface area contributed by atoms with Crippen molar-refractivity contribution in [3.8, 4) is 0 Å². The molecule has 0 spiro atoms. The average molecular weight is 184 g/mol. The summed E-state index contributed by atoms with van der Waals surface area (Å²) in [5, 5.41) is 7.23. The van der Waals surface area contributed by atoms with Crippen LogP contribution in [-0.2, 0) is 0 Å². The Bertz CT molecular complexity index is 180. The van der Waals surface area contributed by atoms with Gasteiger partial charge in [-0.3, -0.25) is 10.3 Å². The molecule has 0 radical (unpaired) electrons. The first-order chi connectivity index (χ1) is 6.13. The van der Waals surface area contributed by atoms with E-state index in [0.717, 1.165) is 19.6 Å². The van der Waals surface area contributed by atoms with Crippen molar-refractivity contribution in [3.05, 3.63) is 0 Å². The van der Waals surface area contributed by atoms with E-state index in [1.54, 1.807) is 0 Å². The summed E-state index contributed by atoms with van der Waals surface area (Å²) in [6.07, 6.45) is 1.17. The topological polar surface area (TPSA) is 56.4 Å². The van der Waals surface area contributed by atoms with E-state index >= 15 is 0 Å². The minimum absolute atomic E-state index is 0.277.